The van der Waals surface area contributed by atoms with E-state index in [1.165, 1.54) is 5.56 Å². The molecule has 0 aliphatic carbocycles. The molecule has 5 nitrogen and oxygen atoms in total. The Balaban J connectivity index is 1.81. The molecular formula is C22H26N4O. The SMILES string of the molecule is COc1ccccc1Nc1nc(C)cc(Nc2ccc(C(C)(C)C)cc2)n1. The highest BCUT2D eigenvalue weighted by Crippen LogP contribution is 2.27. The molecule has 2 N–H and O–H groups in total. The first kappa shape index (κ1) is 18.7. The van der Waals surface area contributed by atoms with Gasteiger partial charge in [0.2, 0.25) is 5.95 Å². The molecular weight excluding hydrogens is 336 g/mol. The van der Waals surface area contributed by atoms with E-state index in [0.29, 0.717) is 5.95 Å². The molecule has 2 aromatic carbocycles. The van der Waals surface area contributed by atoms with Gasteiger partial charge in [-0.05, 0) is 42.2 Å². The Kier molecular flexibility index (Phi) is 5.31. The summed E-state index contributed by atoms with van der Waals surface area (Å²) in [6, 6.07) is 18.1. The summed E-state index contributed by atoms with van der Waals surface area (Å²) in [6.07, 6.45) is 0. The van der Waals surface area contributed by atoms with Crippen LogP contribution in [-0.2, 0) is 5.41 Å². The monoisotopic (exact) mass is 362 g/mol. The maximum atomic E-state index is 5.38. The zero-order valence-corrected chi connectivity index (χ0v) is 16.5. The number of aromatic nitrogens is 2. The molecule has 3 rings (SSSR count). The molecule has 0 saturated carbocycles. The number of ether oxygens (including phenoxy) is 1. The predicted molar refractivity (Wildman–Crippen MR) is 111 cm³/mol. The molecule has 140 valence electrons. The predicted octanol–water partition coefficient (Wildman–Crippen LogP) is 5.58. The number of nitrogens with zero attached hydrogens (tertiary/aromatic N) is 2. The molecule has 0 saturated heterocycles. The van der Waals surface area contributed by atoms with Gasteiger partial charge in [-0.25, -0.2) is 4.98 Å². The second-order valence-electron chi connectivity index (χ2n) is 7.50. The van der Waals surface area contributed by atoms with Crippen LogP contribution in [0.1, 0.15) is 32.0 Å². The number of rotatable bonds is 5. The van der Waals surface area contributed by atoms with Crippen LogP contribution in [0.4, 0.5) is 23.1 Å². The molecule has 0 radical (unpaired) electrons. The maximum absolute atomic E-state index is 5.38. The lowest BCUT2D eigenvalue weighted by Crippen LogP contribution is -2.10. The number of aryl methyl sites for hydroxylation is 1. The average molecular weight is 362 g/mol. The van der Waals surface area contributed by atoms with Crippen molar-refractivity contribution in [2.45, 2.75) is 33.1 Å². The van der Waals surface area contributed by atoms with Gasteiger partial charge in [0.15, 0.2) is 0 Å². The van der Waals surface area contributed by atoms with Gasteiger partial charge in [-0.1, -0.05) is 45.0 Å². The van der Waals surface area contributed by atoms with E-state index in [9.17, 15) is 0 Å². The van der Waals surface area contributed by atoms with Gasteiger partial charge in [0.05, 0.1) is 12.8 Å². The molecule has 0 unspecified atom stereocenters. The van der Waals surface area contributed by atoms with Gasteiger partial charge in [-0.2, -0.15) is 4.98 Å². The molecule has 27 heavy (non-hydrogen) atoms. The summed E-state index contributed by atoms with van der Waals surface area (Å²) in [7, 11) is 1.64. The standard InChI is InChI=1S/C22H26N4O/c1-15-14-20(24-17-12-10-16(11-13-17)22(2,3)4)26-21(23-15)25-18-8-6-7-9-19(18)27-5/h6-14H,1-5H3,(H2,23,24,25,26). The van der Waals surface area contributed by atoms with Crippen molar-refractivity contribution in [2.75, 3.05) is 17.7 Å². The van der Waals surface area contributed by atoms with Crippen molar-refractivity contribution < 1.29 is 4.74 Å². The van der Waals surface area contributed by atoms with Gasteiger partial charge < -0.3 is 15.4 Å². The number of benzene rings is 2. The number of para-hydroxylation sites is 2. The Hall–Kier alpha value is -3.08. The van der Waals surface area contributed by atoms with E-state index >= 15 is 0 Å². The molecule has 3 aromatic rings. The third kappa shape index (κ3) is 4.76. The highest BCUT2D eigenvalue weighted by molar-refractivity contribution is 5.64. The zero-order valence-electron chi connectivity index (χ0n) is 16.5. The van der Waals surface area contributed by atoms with E-state index in [1.807, 2.05) is 37.3 Å². The molecule has 0 spiro atoms. The van der Waals surface area contributed by atoms with Gasteiger partial charge >= 0.3 is 0 Å². The molecule has 0 amide bonds. The lowest BCUT2D eigenvalue weighted by atomic mass is 9.87. The Morgan fingerprint density at radius 2 is 1.59 bits per heavy atom. The van der Waals surface area contributed by atoms with Crippen molar-refractivity contribution in [3.05, 3.63) is 65.9 Å². The van der Waals surface area contributed by atoms with Crippen molar-refractivity contribution in [2.24, 2.45) is 0 Å². The minimum atomic E-state index is 0.135. The fourth-order valence-electron chi connectivity index (χ4n) is 2.76. The van der Waals surface area contributed by atoms with Crippen molar-refractivity contribution in [3.63, 3.8) is 0 Å². The average Bonchev–Trinajstić information content (AvgIpc) is 2.61. The summed E-state index contributed by atoms with van der Waals surface area (Å²) in [5.41, 5.74) is 4.12. The summed E-state index contributed by atoms with van der Waals surface area (Å²) in [5, 5.41) is 6.59. The lowest BCUT2D eigenvalue weighted by Gasteiger charge is -2.19. The summed E-state index contributed by atoms with van der Waals surface area (Å²) in [4.78, 5) is 9.06. The Labute approximate surface area is 160 Å². The van der Waals surface area contributed by atoms with E-state index in [-0.39, 0.29) is 5.41 Å². The topological polar surface area (TPSA) is 59.1 Å². The van der Waals surface area contributed by atoms with Crippen molar-refractivity contribution in [3.8, 4) is 5.75 Å². The molecule has 0 atom stereocenters. The van der Waals surface area contributed by atoms with Gasteiger partial charge in [-0.3, -0.25) is 0 Å². The van der Waals surface area contributed by atoms with E-state index in [0.717, 1.165) is 28.6 Å². The van der Waals surface area contributed by atoms with Crippen LogP contribution in [0.15, 0.2) is 54.6 Å². The summed E-state index contributed by atoms with van der Waals surface area (Å²) in [6.45, 7) is 8.57. The maximum Gasteiger partial charge on any atom is 0.229 e. The quantitative estimate of drug-likeness (QED) is 0.620. The van der Waals surface area contributed by atoms with E-state index in [2.05, 4.69) is 65.6 Å². The van der Waals surface area contributed by atoms with Crippen LogP contribution in [-0.4, -0.2) is 17.1 Å². The Bertz CT molecular complexity index is 914. The fourth-order valence-corrected chi connectivity index (χ4v) is 2.76. The highest BCUT2D eigenvalue weighted by Gasteiger charge is 2.13. The highest BCUT2D eigenvalue weighted by atomic mass is 16.5. The second kappa shape index (κ2) is 7.66. The number of nitrogens with one attached hydrogen (secondary N) is 2. The van der Waals surface area contributed by atoms with Crippen LogP contribution >= 0.6 is 0 Å². The smallest absolute Gasteiger partial charge is 0.229 e. The minimum absolute atomic E-state index is 0.135. The Morgan fingerprint density at radius 3 is 2.26 bits per heavy atom. The van der Waals surface area contributed by atoms with Crippen LogP contribution in [0.5, 0.6) is 5.75 Å². The molecule has 0 fully saturated rings. The van der Waals surface area contributed by atoms with Crippen LogP contribution in [0, 0.1) is 6.92 Å². The molecule has 1 aromatic heterocycles. The fraction of sp³-hybridized carbons (Fsp3) is 0.273. The van der Waals surface area contributed by atoms with Gasteiger partial charge in [0.25, 0.3) is 0 Å². The summed E-state index contributed by atoms with van der Waals surface area (Å²) >= 11 is 0. The first-order valence-corrected chi connectivity index (χ1v) is 8.98. The number of anilines is 4. The van der Waals surface area contributed by atoms with Crippen LogP contribution in [0.2, 0.25) is 0 Å². The van der Waals surface area contributed by atoms with Crippen molar-refractivity contribution in [1.29, 1.82) is 0 Å². The van der Waals surface area contributed by atoms with Gasteiger partial charge in [-0.15, -0.1) is 0 Å². The van der Waals surface area contributed by atoms with Crippen LogP contribution in [0.3, 0.4) is 0 Å². The zero-order chi connectivity index (χ0) is 19.4. The molecule has 0 bridgehead atoms. The van der Waals surface area contributed by atoms with Crippen LogP contribution in [0.25, 0.3) is 0 Å². The van der Waals surface area contributed by atoms with E-state index in [1.54, 1.807) is 7.11 Å². The lowest BCUT2D eigenvalue weighted by molar-refractivity contribution is 0.417. The van der Waals surface area contributed by atoms with Gasteiger partial charge in [0.1, 0.15) is 11.6 Å². The molecule has 0 aliphatic rings. The summed E-state index contributed by atoms with van der Waals surface area (Å²) in [5.74, 6) is 2.01. The number of hydrogen-bond donors (Lipinski definition) is 2. The van der Waals surface area contributed by atoms with Crippen molar-refractivity contribution in [1.82, 2.24) is 9.97 Å². The molecule has 1 heterocycles. The normalized spacial score (nSPS) is 11.1. The molecule has 0 aliphatic heterocycles. The van der Waals surface area contributed by atoms with E-state index < -0.39 is 0 Å². The van der Waals surface area contributed by atoms with Crippen LogP contribution < -0.4 is 15.4 Å². The third-order valence-corrected chi connectivity index (χ3v) is 4.23. The molecule has 5 heteroatoms. The summed E-state index contributed by atoms with van der Waals surface area (Å²) < 4.78 is 5.38. The van der Waals surface area contributed by atoms with E-state index in [4.69, 9.17) is 4.74 Å². The Morgan fingerprint density at radius 1 is 0.889 bits per heavy atom. The second-order valence-corrected chi connectivity index (χ2v) is 7.50. The first-order valence-electron chi connectivity index (χ1n) is 8.98. The largest absolute Gasteiger partial charge is 0.495 e. The van der Waals surface area contributed by atoms with Crippen molar-refractivity contribution >= 4 is 23.1 Å². The minimum Gasteiger partial charge on any atom is -0.495 e. The first-order chi connectivity index (χ1) is 12.8. The third-order valence-electron chi connectivity index (χ3n) is 4.23. The van der Waals surface area contributed by atoms with Gasteiger partial charge in [0, 0.05) is 17.4 Å². The number of hydrogen-bond acceptors (Lipinski definition) is 5. The number of methoxy groups -OCH3 is 1.